The fourth-order valence-corrected chi connectivity index (χ4v) is 2.92. The smallest absolute Gasteiger partial charge is 0.238 e. The molecule has 0 aliphatic carbocycles. The van der Waals surface area contributed by atoms with E-state index in [2.05, 4.69) is 37.9 Å². The van der Waals surface area contributed by atoms with Crippen molar-refractivity contribution in [3.05, 3.63) is 18.2 Å². The summed E-state index contributed by atoms with van der Waals surface area (Å²) in [5.74, 6) is 0. The number of rotatable bonds is 7. The van der Waals surface area contributed by atoms with Gasteiger partial charge in [0.05, 0.1) is 4.90 Å². The Labute approximate surface area is 127 Å². The molecule has 0 saturated heterocycles. The van der Waals surface area contributed by atoms with E-state index in [0.717, 1.165) is 6.54 Å². The van der Waals surface area contributed by atoms with Crippen LogP contribution in [0.25, 0.3) is 0 Å². The van der Waals surface area contributed by atoms with Crippen LogP contribution in [0.2, 0.25) is 0 Å². The monoisotopic (exact) mass is 314 g/mol. The molecule has 7 heteroatoms. The number of anilines is 2. The molecular weight excluding hydrogens is 288 g/mol. The molecule has 1 rings (SSSR count). The number of primary sulfonamides is 1. The van der Waals surface area contributed by atoms with Crippen LogP contribution in [0.3, 0.4) is 0 Å². The first-order valence-electron chi connectivity index (χ1n) is 7.04. The molecule has 0 fully saturated rings. The van der Waals surface area contributed by atoms with Gasteiger partial charge in [0.1, 0.15) is 0 Å². The lowest BCUT2D eigenvalue weighted by Crippen LogP contribution is -2.40. The summed E-state index contributed by atoms with van der Waals surface area (Å²) in [6.45, 7) is 10.2. The minimum absolute atomic E-state index is 0.0228. The van der Waals surface area contributed by atoms with Crippen molar-refractivity contribution in [2.24, 2.45) is 5.14 Å². The number of hydrogen-bond donors (Lipinski definition) is 3. The van der Waals surface area contributed by atoms with Gasteiger partial charge in [-0.15, -0.1) is 0 Å². The summed E-state index contributed by atoms with van der Waals surface area (Å²) >= 11 is 0. The van der Waals surface area contributed by atoms with Gasteiger partial charge in [0.2, 0.25) is 10.0 Å². The van der Waals surface area contributed by atoms with E-state index in [1.54, 1.807) is 6.07 Å². The van der Waals surface area contributed by atoms with E-state index in [1.165, 1.54) is 12.1 Å². The van der Waals surface area contributed by atoms with Crippen LogP contribution in [0.1, 0.15) is 27.7 Å². The number of nitrogens with zero attached hydrogens (tertiary/aromatic N) is 1. The molecule has 0 aromatic heterocycles. The molecule has 21 heavy (non-hydrogen) atoms. The van der Waals surface area contributed by atoms with Crippen LogP contribution < -0.4 is 16.2 Å². The topological polar surface area (TPSA) is 101 Å². The van der Waals surface area contributed by atoms with E-state index in [9.17, 15) is 8.42 Å². The second-order valence-electron chi connectivity index (χ2n) is 5.69. The lowest BCUT2D eigenvalue weighted by Gasteiger charge is -2.30. The van der Waals surface area contributed by atoms with Gasteiger partial charge in [-0.1, -0.05) is 0 Å². The standard InChI is InChI=1S/C14H26N4O2S/c1-10(2)18(11(3)4)6-5-17-13-7-12(15)8-14(9-13)21(16,19)20/h7-11,17H,5-6,15H2,1-4H3,(H2,16,19,20). The molecule has 0 aliphatic rings. The third-order valence-corrected chi connectivity index (χ3v) is 4.18. The zero-order valence-electron chi connectivity index (χ0n) is 13.1. The van der Waals surface area contributed by atoms with Crippen molar-refractivity contribution in [2.45, 2.75) is 44.7 Å². The van der Waals surface area contributed by atoms with Crippen LogP contribution in [0.5, 0.6) is 0 Å². The first-order chi connectivity index (χ1) is 9.61. The Balaban J connectivity index is 2.74. The molecule has 0 unspecified atom stereocenters. The van der Waals surface area contributed by atoms with Crippen LogP contribution in [0, 0.1) is 0 Å². The van der Waals surface area contributed by atoms with Gasteiger partial charge in [-0.2, -0.15) is 0 Å². The van der Waals surface area contributed by atoms with Gasteiger partial charge in [0, 0.05) is 36.5 Å². The minimum atomic E-state index is -3.75. The fraction of sp³-hybridized carbons (Fsp3) is 0.571. The van der Waals surface area contributed by atoms with E-state index in [-0.39, 0.29) is 4.90 Å². The van der Waals surface area contributed by atoms with Crippen LogP contribution >= 0.6 is 0 Å². The summed E-state index contributed by atoms with van der Waals surface area (Å²) in [4.78, 5) is 2.37. The zero-order valence-corrected chi connectivity index (χ0v) is 13.9. The Bertz CT molecular complexity index is 562. The lowest BCUT2D eigenvalue weighted by molar-refractivity contribution is 0.182. The summed E-state index contributed by atoms with van der Waals surface area (Å²) in [7, 11) is -3.75. The highest BCUT2D eigenvalue weighted by Gasteiger charge is 2.13. The number of nitrogens with two attached hydrogens (primary N) is 2. The second-order valence-corrected chi connectivity index (χ2v) is 7.25. The number of nitrogen functional groups attached to an aromatic ring is 1. The van der Waals surface area contributed by atoms with E-state index in [4.69, 9.17) is 10.9 Å². The van der Waals surface area contributed by atoms with Crippen molar-refractivity contribution in [3.8, 4) is 0 Å². The van der Waals surface area contributed by atoms with Gasteiger partial charge in [-0.05, 0) is 45.9 Å². The third-order valence-electron chi connectivity index (χ3n) is 3.28. The van der Waals surface area contributed by atoms with Crippen molar-refractivity contribution in [3.63, 3.8) is 0 Å². The van der Waals surface area contributed by atoms with Gasteiger partial charge >= 0.3 is 0 Å². The predicted molar refractivity (Wildman–Crippen MR) is 87.7 cm³/mol. The van der Waals surface area contributed by atoms with Crippen molar-refractivity contribution in [1.29, 1.82) is 0 Å². The SMILES string of the molecule is CC(C)N(CCNc1cc(N)cc(S(N)(=O)=O)c1)C(C)C. The summed E-state index contributed by atoms with van der Waals surface area (Å²) < 4.78 is 22.8. The molecule has 0 bridgehead atoms. The molecule has 0 aliphatic heterocycles. The van der Waals surface area contributed by atoms with Crippen LogP contribution in [0.4, 0.5) is 11.4 Å². The van der Waals surface area contributed by atoms with Crippen molar-refractivity contribution in [2.75, 3.05) is 24.1 Å². The van der Waals surface area contributed by atoms with Crippen molar-refractivity contribution < 1.29 is 8.42 Å². The Kier molecular flexibility index (Phi) is 6.00. The first-order valence-corrected chi connectivity index (χ1v) is 8.59. The minimum Gasteiger partial charge on any atom is -0.399 e. The second kappa shape index (κ2) is 7.11. The number of sulfonamides is 1. The first kappa shape index (κ1) is 17.7. The summed E-state index contributed by atoms with van der Waals surface area (Å²) in [6.07, 6.45) is 0. The predicted octanol–water partition coefficient (Wildman–Crippen LogP) is 1.45. The third kappa shape index (κ3) is 5.53. The highest BCUT2D eigenvalue weighted by Crippen LogP contribution is 2.19. The van der Waals surface area contributed by atoms with E-state index >= 15 is 0 Å². The molecule has 5 N–H and O–H groups in total. The molecule has 0 heterocycles. The van der Waals surface area contributed by atoms with Crippen molar-refractivity contribution in [1.82, 2.24) is 4.90 Å². The summed E-state index contributed by atoms with van der Waals surface area (Å²) in [6, 6.07) is 5.46. The number of nitrogens with one attached hydrogen (secondary N) is 1. The van der Waals surface area contributed by atoms with Gasteiger partial charge in [0.15, 0.2) is 0 Å². The Morgan fingerprint density at radius 1 is 1.14 bits per heavy atom. The average Bonchev–Trinajstić information content (AvgIpc) is 2.31. The summed E-state index contributed by atoms with van der Waals surface area (Å²) in [5.41, 5.74) is 6.74. The van der Waals surface area contributed by atoms with Crippen molar-refractivity contribution >= 4 is 21.4 Å². The van der Waals surface area contributed by atoms with E-state index < -0.39 is 10.0 Å². The van der Waals surface area contributed by atoms with Gasteiger partial charge in [-0.3, -0.25) is 4.90 Å². The molecule has 0 saturated carbocycles. The maximum absolute atomic E-state index is 11.4. The molecule has 1 aromatic carbocycles. The number of benzene rings is 1. The lowest BCUT2D eigenvalue weighted by atomic mass is 10.2. The maximum atomic E-state index is 11.4. The molecular formula is C14H26N4O2S. The molecule has 0 radical (unpaired) electrons. The Hall–Kier alpha value is -1.31. The quantitative estimate of drug-likeness (QED) is 0.661. The van der Waals surface area contributed by atoms with E-state index in [1.807, 2.05) is 0 Å². The molecule has 0 amide bonds. The molecule has 1 aromatic rings. The van der Waals surface area contributed by atoms with Crippen LogP contribution in [0.15, 0.2) is 23.1 Å². The van der Waals surface area contributed by atoms with Crippen LogP contribution in [-0.4, -0.2) is 38.5 Å². The van der Waals surface area contributed by atoms with Gasteiger partial charge in [-0.25, -0.2) is 13.6 Å². The van der Waals surface area contributed by atoms with E-state index in [0.29, 0.717) is 30.0 Å². The molecule has 120 valence electrons. The zero-order chi connectivity index (χ0) is 16.2. The van der Waals surface area contributed by atoms with Crippen LogP contribution in [-0.2, 0) is 10.0 Å². The Morgan fingerprint density at radius 2 is 1.71 bits per heavy atom. The Morgan fingerprint density at radius 3 is 2.19 bits per heavy atom. The maximum Gasteiger partial charge on any atom is 0.238 e. The summed E-state index contributed by atoms with van der Waals surface area (Å²) in [5, 5.41) is 8.33. The highest BCUT2D eigenvalue weighted by molar-refractivity contribution is 7.89. The average molecular weight is 314 g/mol. The van der Waals surface area contributed by atoms with Gasteiger partial charge < -0.3 is 11.1 Å². The normalized spacial score (nSPS) is 12.4. The van der Waals surface area contributed by atoms with Gasteiger partial charge in [0.25, 0.3) is 0 Å². The molecule has 0 spiro atoms. The fourth-order valence-electron chi connectivity index (χ4n) is 2.33. The largest absolute Gasteiger partial charge is 0.399 e. The number of hydrogen-bond acceptors (Lipinski definition) is 5. The highest BCUT2D eigenvalue weighted by atomic mass is 32.2. The molecule has 6 nitrogen and oxygen atoms in total. The molecule has 0 atom stereocenters.